The minimum absolute atomic E-state index is 0.0581. The van der Waals surface area contributed by atoms with Gasteiger partial charge >= 0.3 is 7.60 Å². The Bertz CT molecular complexity index is 2440. The lowest BCUT2D eigenvalue weighted by Crippen LogP contribution is -2.59. The Hall–Kier alpha value is -6.14. The molecule has 1 fully saturated rings. The summed E-state index contributed by atoms with van der Waals surface area (Å²) in [4.78, 5) is 165. The summed E-state index contributed by atoms with van der Waals surface area (Å²) in [5, 5.41) is 42.2. The van der Waals surface area contributed by atoms with Crippen LogP contribution in [0.15, 0.2) is 30.3 Å². The third-order valence-corrected chi connectivity index (χ3v) is 15.6. The van der Waals surface area contributed by atoms with E-state index in [1.165, 1.54) is 13.8 Å². The van der Waals surface area contributed by atoms with Crippen molar-refractivity contribution in [3.05, 3.63) is 35.9 Å². The van der Waals surface area contributed by atoms with Gasteiger partial charge in [-0.3, -0.25) is 57.3 Å². The number of amides is 8. The highest BCUT2D eigenvalue weighted by Crippen LogP contribution is 2.41. The summed E-state index contributed by atoms with van der Waals surface area (Å²) in [7, 11) is -4.40. The Labute approximate surface area is 503 Å². The first-order valence-corrected chi connectivity index (χ1v) is 31.3. The number of rotatable bonds is 31. The zero-order chi connectivity index (χ0) is 64.7. The number of unbranched alkanes of at least 4 members (excludes halogenated alkanes) is 1. The second-order valence-electron chi connectivity index (χ2n) is 22.2. The van der Waals surface area contributed by atoms with Gasteiger partial charge < -0.3 is 90.8 Å². The highest BCUT2D eigenvalue weighted by Gasteiger charge is 2.38. The van der Waals surface area contributed by atoms with Crippen LogP contribution in [-0.4, -0.2) is 186 Å². The Kier molecular flexibility index (Phi) is 35.0. The molecule has 30 heteroatoms. The lowest BCUT2D eigenvalue weighted by molar-refractivity contribution is -0.137. The third-order valence-electron chi connectivity index (χ3n) is 14.3. The largest absolute Gasteiger partial charge is 0.393 e. The molecule has 486 valence electrons. The molecule has 0 radical (unpaired) electrons. The topological polar surface area (TPSA) is 501 Å². The van der Waals surface area contributed by atoms with Gasteiger partial charge in [-0.15, -0.1) is 0 Å². The van der Waals surface area contributed by atoms with Crippen LogP contribution >= 0.6 is 7.60 Å². The molecule has 3 unspecified atom stereocenters. The smallest absolute Gasteiger partial charge is 0.337 e. The molecule has 1 aromatic carbocycles. The molecule has 1 aliphatic rings. The maximum Gasteiger partial charge on any atom is 0.337 e. The molecule has 1 aromatic rings. The normalized spacial score (nSPS) is 23.3. The molecule has 8 amide bonds. The molecule has 0 saturated carbocycles. The number of aliphatic hydroxyl groups excluding tert-OH is 2. The van der Waals surface area contributed by atoms with Crippen LogP contribution in [0.5, 0.6) is 0 Å². The molecule has 1 heterocycles. The Morgan fingerprint density at radius 1 is 0.674 bits per heavy atom. The average Bonchev–Trinajstić information content (AvgIpc) is 3.13. The van der Waals surface area contributed by atoms with E-state index in [-0.39, 0.29) is 96.6 Å². The zero-order valence-electron chi connectivity index (χ0n) is 50.2. The first-order chi connectivity index (χ1) is 40.6. The van der Waals surface area contributed by atoms with Crippen LogP contribution in [0.1, 0.15) is 117 Å². The van der Waals surface area contributed by atoms with Crippen LogP contribution in [0.4, 0.5) is 0 Å². The van der Waals surface area contributed by atoms with Crippen molar-refractivity contribution in [1.82, 2.24) is 42.5 Å². The van der Waals surface area contributed by atoms with Gasteiger partial charge in [-0.25, -0.2) is 0 Å². The number of hydrogen-bond acceptors (Lipinski definition) is 20. The van der Waals surface area contributed by atoms with Crippen molar-refractivity contribution in [3.63, 3.8) is 0 Å². The standard InChI is InChI=1S/C56H96N13O16P/c1-6-7-25-85-86(83,84)31-48(75)63-39(14-20-58)47(74)30-38(33(4)70)52(78)64-40(15-21-59)46(73)29-37-18-24-62-56(82)49(34(5)71)69-51(77)36(13-19-57)28-45(72)41(16-22-60)65-54(80)43(26-32(2)3)67-55(81)44(27-35-11-9-8-10-12-35)68-53(79)42(17-23-61)66-50(37)76/h8-12,32-34,36-44,49,70-71H,6-7,13-31,57-61H2,1-5H3,(H,62,82)(H,63,75)(H,64,78)(H,65,80)(H,66,76)(H,67,81)(H,68,79)(H,69,77)(H,83,84)/t33?,34?,36-,37-,38+,39+,40+,41+,42+,43+,44-,49+/m1/s1. The summed E-state index contributed by atoms with van der Waals surface area (Å²) in [6.07, 6.45) is -6.08. The molecule has 0 aliphatic carbocycles. The van der Waals surface area contributed by atoms with Gasteiger partial charge in [-0.05, 0) is 109 Å². The summed E-state index contributed by atoms with van der Waals surface area (Å²) >= 11 is 0. The summed E-state index contributed by atoms with van der Waals surface area (Å²) in [5.74, 6) is -13.9. The van der Waals surface area contributed by atoms with Crippen LogP contribution in [0, 0.1) is 23.7 Å². The van der Waals surface area contributed by atoms with Gasteiger partial charge in [-0.1, -0.05) is 57.5 Å². The number of hydrogen-bond donors (Lipinski definition) is 16. The lowest BCUT2D eigenvalue weighted by Gasteiger charge is -2.28. The fourth-order valence-corrected chi connectivity index (χ4v) is 10.4. The molecule has 2 rings (SSSR count). The highest BCUT2D eigenvalue weighted by molar-refractivity contribution is 7.53. The number of ketones is 3. The predicted molar refractivity (Wildman–Crippen MR) is 317 cm³/mol. The van der Waals surface area contributed by atoms with Crippen LogP contribution in [0.25, 0.3) is 0 Å². The molecule has 29 nitrogen and oxygen atoms in total. The van der Waals surface area contributed by atoms with Crippen molar-refractivity contribution in [2.75, 3.05) is 52.0 Å². The molecule has 0 bridgehead atoms. The number of Topliss-reactive ketones (excluding diaryl/α,β-unsaturated/α-hetero) is 3. The second-order valence-corrected chi connectivity index (χ2v) is 24.0. The lowest BCUT2D eigenvalue weighted by atomic mass is 9.90. The van der Waals surface area contributed by atoms with E-state index in [1.54, 1.807) is 44.2 Å². The monoisotopic (exact) mass is 1240 g/mol. The molecule has 1 aliphatic heterocycles. The number of carbonyl (C=O) groups excluding carboxylic acids is 11. The fourth-order valence-electron chi connectivity index (χ4n) is 9.46. The molecular weight excluding hydrogens is 1140 g/mol. The SMILES string of the molecule is CCCCOP(=O)(O)CC(=O)N[C@@H](CCN)C(=O)C[C@H](C(=O)N[C@@H](CCN)C(=O)C[C@H]1CCNC(=O)[C@H](C(C)O)NC(=O)[C@H](CCN)CC(=O)[C@H](CCN)NC(=O)[C@H](CC(C)C)NC(=O)[C@@H](Cc2ccccc2)NC(=O)[C@H](CCN)NC1=O)C(C)O. The van der Waals surface area contributed by atoms with Crippen LogP contribution in [-0.2, 0) is 68.2 Å². The van der Waals surface area contributed by atoms with Gasteiger partial charge in [0.15, 0.2) is 17.3 Å². The van der Waals surface area contributed by atoms with Crippen molar-refractivity contribution in [2.24, 2.45) is 52.3 Å². The summed E-state index contributed by atoms with van der Waals surface area (Å²) in [6, 6.07) is -1.36. The van der Waals surface area contributed by atoms with E-state index in [1.807, 2.05) is 6.92 Å². The van der Waals surface area contributed by atoms with E-state index in [0.717, 1.165) is 0 Å². The van der Waals surface area contributed by atoms with Gasteiger partial charge in [0, 0.05) is 44.1 Å². The van der Waals surface area contributed by atoms with E-state index >= 15 is 0 Å². The predicted octanol–water partition coefficient (Wildman–Crippen LogP) is -3.58. The minimum Gasteiger partial charge on any atom is -0.393 e. The number of aliphatic hydroxyl groups is 2. The molecular formula is C56H96N13O16P. The van der Waals surface area contributed by atoms with Crippen LogP contribution in [0.3, 0.4) is 0 Å². The van der Waals surface area contributed by atoms with Gasteiger partial charge in [-0.2, -0.15) is 0 Å². The summed E-state index contributed by atoms with van der Waals surface area (Å²) < 4.78 is 17.5. The van der Waals surface area contributed by atoms with Crippen LogP contribution < -0.4 is 71.2 Å². The van der Waals surface area contributed by atoms with E-state index < -0.39 is 176 Å². The van der Waals surface area contributed by atoms with E-state index in [0.29, 0.717) is 18.4 Å². The van der Waals surface area contributed by atoms with Crippen molar-refractivity contribution in [1.29, 1.82) is 0 Å². The number of nitrogens with two attached hydrogens (primary N) is 5. The molecule has 1 saturated heterocycles. The maximum atomic E-state index is 14.6. The Morgan fingerprint density at radius 2 is 1.22 bits per heavy atom. The van der Waals surface area contributed by atoms with Crippen molar-refractivity contribution < 1.29 is 76.9 Å². The summed E-state index contributed by atoms with van der Waals surface area (Å²) in [5.41, 5.74) is 30.0. The second kappa shape index (κ2) is 39.6. The van der Waals surface area contributed by atoms with Crippen molar-refractivity contribution in [3.8, 4) is 0 Å². The van der Waals surface area contributed by atoms with Crippen molar-refractivity contribution >= 4 is 72.2 Å². The van der Waals surface area contributed by atoms with Gasteiger partial charge in [0.2, 0.25) is 47.3 Å². The number of carbonyl (C=O) groups is 11. The fraction of sp³-hybridized carbons (Fsp3) is 0.696. The van der Waals surface area contributed by atoms with E-state index in [2.05, 4.69) is 42.5 Å². The van der Waals surface area contributed by atoms with Crippen LogP contribution in [0.2, 0.25) is 0 Å². The highest BCUT2D eigenvalue weighted by atomic mass is 31.2. The molecule has 13 atom stereocenters. The molecule has 21 N–H and O–H groups in total. The number of nitrogens with one attached hydrogen (secondary N) is 8. The zero-order valence-corrected chi connectivity index (χ0v) is 51.1. The van der Waals surface area contributed by atoms with Gasteiger partial charge in [0.1, 0.15) is 30.3 Å². The Balaban J connectivity index is 2.69. The first kappa shape index (κ1) is 76.0. The van der Waals surface area contributed by atoms with Crippen molar-refractivity contribution in [2.45, 2.75) is 173 Å². The quantitative estimate of drug-likeness (QED) is 0.0252. The molecule has 86 heavy (non-hydrogen) atoms. The molecule has 0 spiro atoms. The van der Waals surface area contributed by atoms with Gasteiger partial charge in [0.25, 0.3) is 0 Å². The summed E-state index contributed by atoms with van der Waals surface area (Å²) in [6.45, 7) is 6.61. The van der Waals surface area contributed by atoms with E-state index in [4.69, 9.17) is 33.2 Å². The minimum atomic E-state index is -4.40. The molecule has 0 aromatic heterocycles. The Morgan fingerprint density at radius 3 is 1.79 bits per heavy atom. The number of benzene rings is 1. The first-order valence-electron chi connectivity index (χ1n) is 29.5. The van der Waals surface area contributed by atoms with E-state index in [9.17, 15) is 72.4 Å². The average molecular weight is 1240 g/mol. The van der Waals surface area contributed by atoms with Gasteiger partial charge in [0.05, 0.1) is 42.9 Å². The maximum absolute atomic E-state index is 14.6. The third kappa shape index (κ3) is 27.3.